The maximum atomic E-state index is 13.5. The molecule has 1 aliphatic rings. The molecule has 4 rings (SSSR count). The molecule has 0 bridgehead atoms. The van der Waals surface area contributed by atoms with Gasteiger partial charge in [-0.3, -0.25) is 9.69 Å². The minimum absolute atomic E-state index is 0.203. The minimum Gasteiger partial charge on any atom is -0.488 e. The van der Waals surface area contributed by atoms with E-state index in [-0.39, 0.29) is 23.7 Å². The lowest BCUT2D eigenvalue weighted by Gasteiger charge is -2.18. The van der Waals surface area contributed by atoms with Gasteiger partial charge in [0.25, 0.3) is 5.91 Å². The zero-order valence-electron chi connectivity index (χ0n) is 19.0. The lowest BCUT2D eigenvalue weighted by atomic mass is 10.0. The van der Waals surface area contributed by atoms with Crippen molar-refractivity contribution < 1.29 is 19.1 Å². The molecule has 5 nitrogen and oxygen atoms in total. The van der Waals surface area contributed by atoms with Crippen molar-refractivity contribution >= 4 is 35.2 Å². The van der Waals surface area contributed by atoms with Gasteiger partial charge in [0, 0.05) is 22.0 Å². The Bertz CT molecular complexity index is 1260. The summed E-state index contributed by atoms with van der Waals surface area (Å²) in [5.41, 5.74) is 3.32. The van der Waals surface area contributed by atoms with Gasteiger partial charge in [-0.15, -0.1) is 0 Å². The molecule has 172 valence electrons. The maximum absolute atomic E-state index is 13.5. The molecular weight excluding hydrogens is 450 g/mol. The zero-order valence-corrected chi connectivity index (χ0v) is 19.7. The summed E-state index contributed by atoms with van der Waals surface area (Å²) in [6.45, 7) is 4.05. The number of amides is 1. The van der Waals surface area contributed by atoms with E-state index in [0.717, 1.165) is 5.56 Å². The fraction of sp³-hybridized carbons (Fsp3) is 0.143. The van der Waals surface area contributed by atoms with Crippen LogP contribution in [0.2, 0.25) is 5.02 Å². The topological polar surface area (TPSA) is 55.8 Å². The summed E-state index contributed by atoms with van der Waals surface area (Å²) in [5.74, 6) is -0.253. The van der Waals surface area contributed by atoms with Gasteiger partial charge in [0.2, 0.25) is 0 Å². The molecule has 0 N–H and O–H groups in total. The number of hydrogen-bond donors (Lipinski definition) is 0. The van der Waals surface area contributed by atoms with Crippen LogP contribution in [-0.2, 0) is 20.9 Å². The average Bonchev–Trinajstić information content (AvgIpc) is 3.09. The van der Waals surface area contributed by atoms with Crippen LogP contribution in [0.15, 0.2) is 95.7 Å². The number of carbonyl (C=O) groups excluding carboxylic acids is 2. The van der Waals surface area contributed by atoms with Gasteiger partial charge in [-0.1, -0.05) is 60.1 Å². The summed E-state index contributed by atoms with van der Waals surface area (Å²) < 4.78 is 11.3. The van der Waals surface area contributed by atoms with E-state index < -0.39 is 5.97 Å². The molecule has 1 aliphatic heterocycles. The van der Waals surface area contributed by atoms with Crippen LogP contribution >= 0.6 is 11.6 Å². The molecular formula is C28H24ClNO4. The van der Waals surface area contributed by atoms with E-state index in [1.807, 2.05) is 54.6 Å². The van der Waals surface area contributed by atoms with Crippen LogP contribution in [0, 0.1) is 0 Å². The summed E-state index contributed by atoms with van der Waals surface area (Å²) in [4.78, 5) is 27.9. The van der Waals surface area contributed by atoms with Crippen LogP contribution in [0.4, 0.5) is 5.69 Å². The van der Waals surface area contributed by atoms with E-state index in [1.165, 1.54) is 4.90 Å². The molecule has 1 amide bonds. The fourth-order valence-electron chi connectivity index (χ4n) is 3.80. The highest BCUT2D eigenvalue weighted by molar-refractivity contribution is 6.30. The molecule has 3 aromatic rings. The molecule has 0 radical (unpaired) electrons. The molecule has 0 aliphatic carbocycles. The highest BCUT2D eigenvalue weighted by Gasteiger charge is 2.38. The number of benzene rings is 3. The normalized spacial score (nSPS) is 14.6. The predicted octanol–water partition coefficient (Wildman–Crippen LogP) is 6.19. The van der Waals surface area contributed by atoms with Gasteiger partial charge in [0.05, 0.1) is 17.8 Å². The standard InChI is InChI=1S/C28H24ClNO4/c1-3-33-28(32)26-19(2)30(23-15-13-22(29)14-16-23)27(31)24(26)17-21-11-7-8-12-25(21)34-18-20-9-5-4-6-10-20/h4-17H,3,18H2,1-2H3/b24-17-. The van der Waals surface area contributed by atoms with Crippen molar-refractivity contribution in [3.63, 3.8) is 0 Å². The Morgan fingerprint density at radius 1 is 0.971 bits per heavy atom. The van der Waals surface area contributed by atoms with Crippen molar-refractivity contribution in [2.75, 3.05) is 11.5 Å². The summed E-state index contributed by atoms with van der Waals surface area (Å²) in [5, 5.41) is 0.558. The first-order chi connectivity index (χ1) is 16.5. The maximum Gasteiger partial charge on any atom is 0.340 e. The number of rotatable bonds is 7. The van der Waals surface area contributed by atoms with Gasteiger partial charge in [0.15, 0.2) is 0 Å². The molecule has 0 spiro atoms. The Labute approximate surface area is 203 Å². The first-order valence-electron chi connectivity index (χ1n) is 11.0. The third kappa shape index (κ3) is 4.90. The predicted molar refractivity (Wildman–Crippen MR) is 133 cm³/mol. The molecule has 0 atom stereocenters. The van der Waals surface area contributed by atoms with E-state index >= 15 is 0 Å². The molecule has 34 heavy (non-hydrogen) atoms. The lowest BCUT2D eigenvalue weighted by Crippen LogP contribution is -2.24. The number of halogens is 1. The number of esters is 1. The second-order valence-corrected chi connectivity index (χ2v) is 8.10. The smallest absolute Gasteiger partial charge is 0.340 e. The number of allylic oxidation sites excluding steroid dienone is 1. The lowest BCUT2D eigenvalue weighted by molar-refractivity contribution is -0.138. The summed E-state index contributed by atoms with van der Waals surface area (Å²) >= 11 is 6.02. The molecule has 0 fully saturated rings. The fourth-order valence-corrected chi connectivity index (χ4v) is 3.93. The molecule has 1 heterocycles. The quantitative estimate of drug-likeness (QED) is 0.303. The SMILES string of the molecule is CCOC(=O)C1=C(C)N(c2ccc(Cl)cc2)C(=O)/C1=C\c1ccccc1OCc1ccccc1. The summed E-state index contributed by atoms with van der Waals surface area (Å²) in [7, 11) is 0. The van der Waals surface area contributed by atoms with Crippen LogP contribution in [0.5, 0.6) is 5.75 Å². The van der Waals surface area contributed by atoms with Crippen LogP contribution in [0.1, 0.15) is 25.0 Å². The largest absolute Gasteiger partial charge is 0.488 e. The number of nitrogens with zero attached hydrogens (tertiary/aromatic N) is 1. The van der Waals surface area contributed by atoms with Crippen molar-refractivity contribution in [2.24, 2.45) is 0 Å². The van der Waals surface area contributed by atoms with Gasteiger partial charge in [-0.2, -0.15) is 0 Å². The number of carbonyl (C=O) groups is 2. The van der Waals surface area contributed by atoms with Gasteiger partial charge >= 0.3 is 5.97 Å². The molecule has 0 aromatic heterocycles. The second kappa shape index (κ2) is 10.4. The number of ether oxygens (including phenoxy) is 2. The molecule has 0 unspecified atom stereocenters. The number of anilines is 1. The summed E-state index contributed by atoms with van der Waals surface area (Å²) in [6, 6.07) is 24.1. The minimum atomic E-state index is -0.543. The Balaban J connectivity index is 1.73. The van der Waals surface area contributed by atoms with E-state index in [1.54, 1.807) is 44.2 Å². The molecule has 3 aromatic carbocycles. The molecule has 0 saturated carbocycles. The Hall–Kier alpha value is -3.83. The van der Waals surface area contributed by atoms with Gasteiger partial charge in [0.1, 0.15) is 12.4 Å². The molecule has 0 saturated heterocycles. The van der Waals surface area contributed by atoms with Crippen LogP contribution < -0.4 is 9.64 Å². The first-order valence-corrected chi connectivity index (χ1v) is 11.3. The van der Waals surface area contributed by atoms with E-state index in [2.05, 4.69) is 0 Å². The van der Waals surface area contributed by atoms with E-state index in [4.69, 9.17) is 21.1 Å². The van der Waals surface area contributed by atoms with E-state index in [9.17, 15) is 9.59 Å². The van der Waals surface area contributed by atoms with Crippen LogP contribution in [0.25, 0.3) is 6.08 Å². The van der Waals surface area contributed by atoms with Gasteiger partial charge in [-0.05, 0) is 55.8 Å². The number of para-hydroxylation sites is 1. The first kappa shape index (κ1) is 23.3. The second-order valence-electron chi connectivity index (χ2n) is 7.67. The summed E-state index contributed by atoms with van der Waals surface area (Å²) in [6.07, 6.45) is 1.69. The Kier molecular flexibility index (Phi) is 7.14. The van der Waals surface area contributed by atoms with Crippen molar-refractivity contribution in [1.29, 1.82) is 0 Å². The van der Waals surface area contributed by atoms with Crippen LogP contribution in [-0.4, -0.2) is 18.5 Å². The number of hydrogen-bond acceptors (Lipinski definition) is 4. The van der Waals surface area contributed by atoms with Crippen molar-refractivity contribution in [2.45, 2.75) is 20.5 Å². The Morgan fingerprint density at radius 3 is 2.35 bits per heavy atom. The van der Waals surface area contributed by atoms with E-state index in [0.29, 0.717) is 34.3 Å². The highest BCUT2D eigenvalue weighted by Crippen LogP contribution is 2.37. The molecule has 6 heteroatoms. The van der Waals surface area contributed by atoms with Crippen LogP contribution in [0.3, 0.4) is 0 Å². The highest BCUT2D eigenvalue weighted by atomic mass is 35.5. The van der Waals surface area contributed by atoms with Crippen molar-refractivity contribution in [3.05, 3.63) is 112 Å². The third-order valence-corrected chi connectivity index (χ3v) is 5.67. The Morgan fingerprint density at radius 2 is 1.65 bits per heavy atom. The third-order valence-electron chi connectivity index (χ3n) is 5.42. The average molecular weight is 474 g/mol. The van der Waals surface area contributed by atoms with Crippen molar-refractivity contribution in [1.82, 2.24) is 0 Å². The monoisotopic (exact) mass is 473 g/mol. The zero-order chi connectivity index (χ0) is 24.1. The van der Waals surface area contributed by atoms with Crippen molar-refractivity contribution in [3.8, 4) is 5.75 Å². The van der Waals surface area contributed by atoms with Gasteiger partial charge in [-0.25, -0.2) is 4.79 Å². The van der Waals surface area contributed by atoms with Gasteiger partial charge < -0.3 is 9.47 Å².